The fraction of sp³-hybridized carbons (Fsp3) is 0.0476. The molecular formula is C21H17BrN2O4. The SMILES string of the molecule is O=C(COc1ccc(-c2ccccc2)cc1)N/N=C\c1cc(Br)c(O)cc1O. The number of hydrazone groups is 1. The Bertz CT molecular complexity index is 989. The van der Waals surface area contributed by atoms with Gasteiger partial charge < -0.3 is 14.9 Å². The first-order chi connectivity index (χ1) is 13.5. The fourth-order valence-corrected chi connectivity index (χ4v) is 2.76. The van der Waals surface area contributed by atoms with Gasteiger partial charge in [-0.15, -0.1) is 0 Å². The summed E-state index contributed by atoms with van der Waals surface area (Å²) in [5.74, 6) is -0.126. The van der Waals surface area contributed by atoms with E-state index in [2.05, 4.69) is 26.5 Å². The minimum atomic E-state index is -0.444. The van der Waals surface area contributed by atoms with E-state index < -0.39 is 5.91 Å². The molecule has 0 aliphatic rings. The zero-order valence-corrected chi connectivity index (χ0v) is 16.3. The molecule has 0 fully saturated rings. The van der Waals surface area contributed by atoms with E-state index in [-0.39, 0.29) is 18.1 Å². The van der Waals surface area contributed by atoms with Crippen LogP contribution in [0.15, 0.2) is 76.3 Å². The lowest BCUT2D eigenvalue weighted by Crippen LogP contribution is -2.24. The molecule has 0 unspecified atom stereocenters. The minimum Gasteiger partial charge on any atom is -0.507 e. The lowest BCUT2D eigenvalue weighted by atomic mass is 10.1. The van der Waals surface area contributed by atoms with Crippen LogP contribution >= 0.6 is 15.9 Å². The van der Waals surface area contributed by atoms with Gasteiger partial charge in [0.25, 0.3) is 5.91 Å². The molecule has 0 spiro atoms. The molecule has 142 valence electrons. The molecule has 0 saturated heterocycles. The molecule has 0 radical (unpaired) electrons. The van der Waals surface area contributed by atoms with Gasteiger partial charge in [-0.1, -0.05) is 42.5 Å². The maximum absolute atomic E-state index is 11.8. The molecule has 3 N–H and O–H groups in total. The normalized spacial score (nSPS) is 10.8. The number of nitrogens with zero attached hydrogens (tertiary/aromatic N) is 1. The van der Waals surface area contributed by atoms with Crippen molar-refractivity contribution >= 4 is 28.1 Å². The van der Waals surface area contributed by atoms with Crippen LogP contribution in [0.2, 0.25) is 0 Å². The van der Waals surface area contributed by atoms with Crippen molar-refractivity contribution in [3.8, 4) is 28.4 Å². The highest BCUT2D eigenvalue weighted by Crippen LogP contribution is 2.30. The molecule has 0 heterocycles. The molecule has 0 aromatic heterocycles. The average molecular weight is 441 g/mol. The number of amides is 1. The Hall–Kier alpha value is -3.32. The molecule has 1 amide bonds. The Morgan fingerprint density at radius 2 is 1.68 bits per heavy atom. The Balaban J connectivity index is 1.51. The van der Waals surface area contributed by atoms with Crippen LogP contribution in [0.3, 0.4) is 0 Å². The van der Waals surface area contributed by atoms with E-state index in [1.54, 1.807) is 12.1 Å². The number of aromatic hydroxyl groups is 2. The second-order valence-electron chi connectivity index (χ2n) is 5.83. The van der Waals surface area contributed by atoms with Gasteiger partial charge in [-0.3, -0.25) is 4.79 Å². The Morgan fingerprint density at radius 1 is 1.00 bits per heavy atom. The van der Waals surface area contributed by atoms with Crippen molar-refractivity contribution in [2.75, 3.05) is 6.61 Å². The summed E-state index contributed by atoms with van der Waals surface area (Å²) in [7, 11) is 0. The molecule has 0 bridgehead atoms. The highest BCUT2D eigenvalue weighted by Gasteiger charge is 2.06. The molecule has 6 nitrogen and oxygen atoms in total. The Morgan fingerprint density at radius 3 is 2.39 bits per heavy atom. The predicted octanol–water partition coefficient (Wildman–Crippen LogP) is 4.06. The van der Waals surface area contributed by atoms with Crippen LogP contribution in [-0.2, 0) is 4.79 Å². The number of carbonyl (C=O) groups excluding carboxylic acids is 1. The van der Waals surface area contributed by atoms with Gasteiger partial charge in [0.1, 0.15) is 17.2 Å². The van der Waals surface area contributed by atoms with Gasteiger partial charge in [0.05, 0.1) is 10.7 Å². The first-order valence-electron chi connectivity index (χ1n) is 8.34. The van der Waals surface area contributed by atoms with Gasteiger partial charge in [0.2, 0.25) is 0 Å². The van der Waals surface area contributed by atoms with Crippen LogP contribution < -0.4 is 10.2 Å². The van der Waals surface area contributed by atoms with Crippen LogP contribution in [0.1, 0.15) is 5.56 Å². The number of benzene rings is 3. The number of carbonyl (C=O) groups is 1. The molecular weight excluding hydrogens is 424 g/mol. The van der Waals surface area contributed by atoms with Crippen molar-refractivity contribution < 1.29 is 19.7 Å². The zero-order chi connectivity index (χ0) is 19.9. The minimum absolute atomic E-state index is 0.0923. The number of phenolic OH excluding ortho intramolecular Hbond substituents is 2. The van der Waals surface area contributed by atoms with E-state index in [9.17, 15) is 15.0 Å². The smallest absolute Gasteiger partial charge is 0.277 e. The van der Waals surface area contributed by atoms with E-state index in [0.717, 1.165) is 11.1 Å². The first kappa shape index (κ1) is 19.4. The van der Waals surface area contributed by atoms with Gasteiger partial charge in [-0.05, 0) is 45.3 Å². The topological polar surface area (TPSA) is 91.2 Å². The quantitative estimate of drug-likeness (QED) is 0.398. The lowest BCUT2D eigenvalue weighted by Gasteiger charge is -2.07. The highest BCUT2D eigenvalue weighted by molar-refractivity contribution is 9.10. The summed E-state index contributed by atoms with van der Waals surface area (Å²) in [6, 6.07) is 20.0. The summed E-state index contributed by atoms with van der Waals surface area (Å²) in [4.78, 5) is 11.8. The third-order valence-electron chi connectivity index (χ3n) is 3.82. The average Bonchev–Trinajstić information content (AvgIpc) is 2.71. The molecule has 3 aromatic rings. The largest absolute Gasteiger partial charge is 0.507 e. The number of nitrogens with one attached hydrogen (secondary N) is 1. The summed E-state index contributed by atoms with van der Waals surface area (Å²) >= 11 is 3.14. The molecule has 3 aromatic carbocycles. The molecule has 0 atom stereocenters. The number of ether oxygens (including phenoxy) is 1. The van der Waals surface area contributed by atoms with Gasteiger partial charge in [0.15, 0.2) is 6.61 Å². The van der Waals surface area contributed by atoms with Gasteiger partial charge in [-0.25, -0.2) is 5.43 Å². The van der Waals surface area contributed by atoms with Gasteiger partial charge >= 0.3 is 0 Å². The van der Waals surface area contributed by atoms with Crippen LogP contribution in [0.4, 0.5) is 0 Å². The molecule has 7 heteroatoms. The Kier molecular flexibility index (Phi) is 6.29. The van der Waals surface area contributed by atoms with Crippen LogP contribution in [0.5, 0.6) is 17.2 Å². The van der Waals surface area contributed by atoms with E-state index in [1.807, 2.05) is 42.5 Å². The molecule has 0 aliphatic heterocycles. The standard InChI is InChI=1S/C21H17BrN2O4/c22-18-10-16(19(25)11-20(18)26)12-23-24-21(27)13-28-17-8-6-15(7-9-17)14-4-2-1-3-5-14/h1-12,25-26H,13H2,(H,24,27)/b23-12-. The maximum Gasteiger partial charge on any atom is 0.277 e. The molecule has 0 aliphatic carbocycles. The van der Waals surface area contributed by atoms with E-state index >= 15 is 0 Å². The summed E-state index contributed by atoms with van der Waals surface area (Å²) < 4.78 is 5.85. The Labute approximate surface area is 170 Å². The number of rotatable bonds is 6. The van der Waals surface area contributed by atoms with Gasteiger partial charge in [-0.2, -0.15) is 5.10 Å². The third kappa shape index (κ3) is 5.11. The van der Waals surface area contributed by atoms with E-state index in [4.69, 9.17) is 4.74 Å². The molecule has 3 rings (SSSR count). The van der Waals surface area contributed by atoms with Crippen molar-refractivity contribution in [3.05, 3.63) is 76.8 Å². The summed E-state index contributed by atoms with van der Waals surface area (Å²) in [5.41, 5.74) is 4.81. The summed E-state index contributed by atoms with van der Waals surface area (Å²) in [6.07, 6.45) is 1.27. The van der Waals surface area contributed by atoms with Crippen LogP contribution in [-0.4, -0.2) is 28.9 Å². The van der Waals surface area contributed by atoms with Gasteiger partial charge in [0, 0.05) is 11.6 Å². The number of hydrogen-bond donors (Lipinski definition) is 3. The number of halogens is 1. The maximum atomic E-state index is 11.8. The van der Waals surface area contributed by atoms with Crippen molar-refractivity contribution in [1.29, 1.82) is 0 Å². The summed E-state index contributed by atoms with van der Waals surface area (Å²) in [6.45, 7) is -0.201. The van der Waals surface area contributed by atoms with Crippen LogP contribution in [0, 0.1) is 0 Å². The second kappa shape index (κ2) is 9.05. The highest BCUT2D eigenvalue weighted by atomic mass is 79.9. The second-order valence-corrected chi connectivity index (χ2v) is 6.69. The monoisotopic (exact) mass is 440 g/mol. The van der Waals surface area contributed by atoms with Crippen molar-refractivity contribution in [2.24, 2.45) is 5.10 Å². The predicted molar refractivity (Wildman–Crippen MR) is 111 cm³/mol. The fourth-order valence-electron chi connectivity index (χ4n) is 2.40. The molecule has 28 heavy (non-hydrogen) atoms. The lowest BCUT2D eigenvalue weighted by molar-refractivity contribution is -0.123. The number of hydrogen-bond acceptors (Lipinski definition) is 5. The van der Waals surface area contributed by atoms with E-state index in [0.29, 0.717) is 15.8 Å². The van der Waals surface area contributed by atoms with Crippen LogP contribution in [0.25, 0.3) is 11.1 Å². The van der Waals surface area contributed by atoms with E-state index in [1.165, 1.54) is 18.3 Å². The third-order valence-corrected chi connectivity index (χ3v) is 4.46. The van der Waals surface area contributed by atoms with Crippen molar-refractivity contribution in [3.63, 3.8) is 0 Å². The number of phenols is 2. The van der Waals surface area contributed by atoms with Crippen molar-refractivity contribution in [1.82, 2.24) is 5.43 Å². The van der Waals surface area contributed by atoms with Crippen molar-refractivity contribution in [2.45, 2.75) is 0 Å². The first-order valence-corrected chi connectivity index (χ1v) is 9.14. The zero-order valence-electron chi connectivity index (χ0n) is 14.7. The molecule has 0 saturated carbocycles. The summed E-state index contributed by atoms with van der Waals surface area (Å²) in [5, 5.41) is 23.0.